The molecule has 0 unspecified atom stereocenters. The van der Waals surface area contributed by atoms with E-state index >= 15 is 0 Å². The van der Waals surface area contributed by atoms with Crippen molar-refractivity contribution in [3.05, 3.63) is 83.9 Å². The van der Waals surface area contributed by atoms with E-state index in [1.165, 1.54) is 0 Å². The molecule has 4 aromatic rings. The summed E-state index contributed by atoms with van der Waals surface area (Å²) in [5, 5.41) is 7.69. The van der Waals surface area contributed by atoms with E-state index in [0.717, 1.165) is 115 Å². The second-order valence-electron chi connectivity index (χ2n) is 9.84. The Hall–Kier alpha value is -3.68. The molecule has 3 aromatic carbocycles. The highest BCUT2D eigenvalue weighted by Gasteiger charge is 2.12. The van der Waals surface area contributed by atoms with Crippen molar-refractivity contribution in [3.63, 3.8) is 0 Å². The number of nitrogens with one attached hydrogen (secondary N) is 2. The molecule has 0 saturated carbocycles. The first-order valence-corrected chi connectivity index (χ1v) is 13.9. The average molecular weight is 596 g/mol. The number of furan rings is 1. The second-order valence-corrected chi connectivity index (χ2v) is 9.84. The van der Waals surface area contributed by atoms with E-state index in [4.69, 9.17) is 13.9 Å². The molecule has 0 saturated heterocycles. The topological polar surface area (TPSA) is 80.4 Å². The third-order valence-corrected chi connectivity index (χ3v) is 6.98. The Morgan fingerprint density at radius 2 is 1.15 bits per heavy atom. The Morgan fingerprint density at radius 3 is 1.71 bits per heavy atom. The normalized spacial score (nSPS) is 13.9. The molecule has 6 rings (SSSR count). The molecule has 41 heavy (non-hydrogen) atoms. The van der Waals surface area contributed by atoms with Crippen LogP contribution in [-0.2, 0) is 0 Å². The predicted octanol–water partition coefficient (Wildman–Crippen LogP) is 6.66. The lowest BCUT2D eigenvalue weighted by Gasteiger charge is -2.08. The van der Waals surface area contributed by atoms with Crippen molar-refractivity contribution in [1.82, 2.24) is 10.6 Å². The summed E-state index contributed by atoms with van der Waals surface area (Å²) in [6, 6.07) is 24.6. The third-order valence-electron chi connectivity index (χ3n) is 6.98. The van der Waals surface area contributed by atoms with E-state index in [1.807, 2.05) is 24.3 Å². The number of hydrogen-bond donors (Lipinski definition) is 2. The van der Waals surface area contributed by atoms with Gasteiger partial charge < -0.3 is 24.5 Å². The van der Waals surface area contributed by atoms with Crippen molar-refractivity contribution in [3.8, 4) is 22.8 Å². The third kappa shape index (κ3) is 7.75. The number of fused-ring (bicyclic) bond motifs is 1. The molecule has 0 amide bonds. The molecule has 216 valence electrons. The fraction of sp³-hybridized carbons (Fsp3) is 0.312. The molecule has 9 heteroatoms. The maximum atomic E-state index is 6.15. The van der Waals surface area contributed by atoms with Crippen LogP contribution < -0.4 is 20.1 Å². The van der Waals surface area contributed by atoms with Crippen LogP contribution in [0.15, 0.2) is 87.2 Å². The zero-order valence-corrected chi connectivity index (χ0v) is 24.6. The molecule has 0 radical (unpaired) electrons. The number of unbranched alkanes of at least 4 members (excludes halogenated alkanes) is 3. The molecule has 0 fully saturated rings. The fourth-order valence-corrected chi connectivity index (χ4v) is 4.87. The number of benzene rings is 3. The van der Waals surface area contributed by atoms with Gasteiger partial charge in [0, 0.05) is 35.2 Å². The molecule has 1 aromatic heterocycles. The van der Waals surface area contributed by atoms with Crippen molar-refractivity contribution < 1.29 is 13.9 Å². The van der Waals surface area contributed by atoms with Gasteiger partial charge in [-0.25, -0.2) is 0 Å². The second kappa shape index (κ2) is 14.8. The van der Waals surface area contributed by atoms with Crippen molar-refractivity contribution in [2.24, 2.45) is 9.98 Å². The summed E-state index contributed by atoms with van der Waals surface area (Å²) < 4.78 is 18.0. The Morgan fingerprint density at radius 1 is 0.610 bits per heavy atom. The highest BCUT2D eigenvalue weighted by molar-refractivity contribution is 6.02. The quantitative estimate of drug-likeness (QED) is 0.179. The smallest absolute Gasteiger partial charge is 0.135 e. The van der Waals surface area contributed by atoms with E-state index in [-0.39, 0.29) is 24.8 Å². The van der Waals surface area contributed by atoms with E-state index in [0.29, 0.717) is 6.61 Å². The van der Waals surface area contributed by atoms with Crippen molar-refractivity contribution >= 4 is 47.5 Å². The lowest BCUT2D eigenvalue weighted by atomic mass is 10.1. The SMILES string of the molecule is Cl.Cl.c1cc(C2=NCCN2)ccc1OCCCCCCOc1ccc(-c2cc3ccc(C4=NCCN4)cc3o2)cc1. The number of halogens is 2. The Labute approximate surface area is 253 Å². The van der Waals surface area contributed by atoms with Gasteiger partial charge in [-0.15, -0.1) is 24.8 Å². The molecule has 2 aliphatic rings. The number of aliphatic imine (C=N–C) groups is 2. The van der Waals surface area contributed by atoms with E-state index in [9.17, 15) is 0 Å². The van der Waals surface area contributed by atoms with Gasteiger partial charge in [-0.3, -0.25) is 9.98 Å². The molecule has 0 spiro atoms. The Balaban J connectivity index is 0.00000194. The minimum Gasteiger partial charge on any atom is -0.494 e. The Kier molecular flexibility index (Phi) is 10.9. The highest BCUT2D eigenvalue weighted by Crippen LogP contribution is 2.30. The van der Waals surface area contributed by atoms with E-state index in [1.54, 1.807) is 0 Å². The fourth-order valence-electron chi connectivity index (χ4n) is 4.87. The molecule has 0 aliphatic carbocycles. The van der Waals surface area contributed by atoms with Crippen molar-refractivity contribution in [1.29, 1.82) is 0 Å². The number of hydrogen-bond acceptors (Lipinski definition) is 7. The number of ether oxygens (including phenoxy) is 2. The van der Waals surface area contributed by atoms with Crippen LogP contribution in [0, 0.1) is 0 Å². The van der Waals surface area contributed by atoms with Crippen LogP contribution in [0.5, 0.6) is 11.5 Å². The van der Waals surface area contributed by atoms with Gasteiger partial charge in [0.05, 0.1) is 26.3 Å². The summed E-state index contributed by atoms with van der Waals surface area (Å²) >= 11 is 0. The minimum absolute atomic E-state index is 0. The average Bonchev–Trinajstić information content (AvgIpc) is 3.77. The highest BCUT2D eigenvalue weighted by atomic mass is 35.5. The monoisotopic (exact) mass is 594 g/mol. The first-order chi connectivity index (χ1) is 19.3. The van der Waals surface area contributed by atoms with Gasteiger partial charge in [0.1, 0.15) is 34.5 Å². The summed E-state index contributed by atoms with van der Waals surface area (Å²) in [5.74, 6) is 4.57. The minimum atomic E-state index is 0. The molecule has 3 heterocycles. The van der Waals surface area contributed by atoms with Crippen molar-refractivity contribution in [2.75, 3.05) is 39.4 Å². The molecule has 7 nitrogen and oxygen atoms in total. The van der Waals surface area contributed by atoms with Gasteiger partial charge >= 0.3 is 0 Å². The van der Waals surface area contributed by atoms with Crippen LogP contribution in [0.3, 0.4) is 0 Å². The summed E-state index contributed by atoms with van der Waals surface area (Å²) in [6.07, 6.45) is 4.30. The van der Waals surface area contributed by atoms with Crippen LogP contribution in [-0.4, -0.2) is 51.1 Å². The maximum Gasteiger partial charge on any atom is 0.135 e. The van der Waals surface area contributed by atoms with Crippen LogP contribution in [0.25, 0.3) is 22.3 Å². The van der Waals surface area contributed by atoms with Gasteiger partial charge in [-0.1, -0.05) is 12.1 Å². The first kappa shape index (κ1) is 30.3. The van der Waals surface area contributed by atoms with Gasteiger partial charge in [0.25, 0.3) is 0 Å². The van der Waals surface area contributed by atoms with E-state index < -0.39 is 0 Å². The molecule has 2 aliphatic heterocycles. The van der Waals surface area contributed by atoms with Crippen molar-refractivity contribution in [2.45, 2.75) is 25.7 Å². The van der Waals surface area contributed by atoms with Gasteiger partial charge in [-0.05, 0) is 86.3 Å². The van der Waals surface area contributed by atoms with E-state index in [2.05, 4.69) is 69.1 Å². The van der Waals surface area contributed by atoms with Gasteiger partial charge in [-0.2, -0.15) is 0 Å². The summed E-state index contributed by atoms with van der Waals surface area (Å²) in [4.78, 5) is 8.95. The summed E-state index contributed by atoms with van der Waals surface area (Å²) in [5.41, 5.74) is 4.09. The molecule has 2 N–H and O–H groups in total. The lowest BCUT2D eigenvalue weighted by molar-refractivity contribution is 0.287. The zero-order chi connectivity index (χ0) is 26.3. The molecule has 0 bridgehead atoms. The van der Waals surface area contributed by atoms with Gasteiger partial charge in [0.2, 0.25) is 0 Å². The maximum absolute atomic E-state index is 6.15. The van der Waals surface area contributed by atoms with Crippen LogP contribution >= 0.6 is 24.8 Å². The van der Waals surface area contributed by atoms with Gasteiger partial charge in [0.15, 0.2) is 0 Å². The molecular formula is C32H36Cl2N4O3. The number of rotatable bonds is 12. The Bertz CT molecular complexity index is 1470. The van der Waals surface area contributed by atoms with Crippen LogP contribution in [0.1, 0.15) is 36.8 Å². The molecule has 0 atom stereocenters. The zero-order valence-electron chi connectivity index (χ0n) is 22.9. The standard InChI is InChI=1S/C32H34N4O3.2ClH/c1(2-4-20-38-28-13-9-24(10-14-28)31-33-15-16-34-31)3-19-37-27-11-7-23(8-12-27)29-21-25-5-6-26(22-30(25)39-29)32-35-17-18-36-32;;/h5-14,21-22H,1-4,15-20H2,(H,33,34)(H,35,36);2*1H. The number of amidine groups is 2. The van der Waals surface area contributed by atoms with Crippen LogP contribution in [0.4, 0.5) is 0 Å². The summed E-state index contributed by atoms with van der Waals surface area (Å²) in [6.45, 7) is 4.94. The van der Waals surface area contributed by atoms with Crippen LogP contribution in [0.2, 0.25) is 0 Å². The predicted molar refractivity (Wildman–Crippen MR) is 171 cm³/mol. The number of nitrogens with zero attached hydrogens (tertiary/aromatic N) is 2. The largest absolute Gasteiger partial charge is 0.494 e. The summed E-state index contributed by atoms with van der Waals surface area (Å²) in [7, 11) is 0. The molecular weight excluding hydrogens is 559 g/mol. The lowest BCUT2D eigenvalue weighted by Crippen LogP contribution is -2.19. The first-order valence-electron chi connectivity index (χ1n) is 13.9.